The second-order valence-electron chi connectivity index (χ2n) is 4.45. The summed E-state index contributed by atoms with van der Waals surface area (Å²) in [4.78, 5) is 2.23. The number of hydrogen-bond donors (Lipinski definition) is 2. The molecule has 112 valence electrons. The maximum atomic E-state index is 8.71. The molecule has 0 heterocycles. The Morgan fingerprint density at radius 3 is 2.45 bits per heavy atom. The third-order valence-electron chi connectivity index (χ3n) is 2.96. The van der Waals surface area contributed by atoms with E-state index >= 15 is 0 Å². The number of oxime groups is 1. The molecule has 0 atom stereocenters. The second kappa shape index (κ2) is 9.30. The molecule has 0 spiro atoms. The van der Waals surface area contributed by atoms with Crippen LogP contribution in [0.15, 0.2) is 29.4 Å². The van der Waals surface area contributed by atoms with Crippen LogP contribution >= 0.6 is 0 Å². The van der Waals surface area contributed by atoms with Gasteiger partial charge in [-0.25, -0.2) is 0 Å². The molecule has 0 fully saturated rings. The fourth-order valence-electron chi connectivity index (χ4n) is 1.86. The molecule has 0 radical (unpaired) electrons. The molecule has 6 nitrogen and oxygen atoms in total. The number of nitrogens with zero attached hydrogens (tertiary/aromatic N) is 2. The van der Waals surface area contributed by atoms with E-state index in [9.17, 15) is 0 Å². The van der Waals surface area contributed by atoms with Crippen molar-refractivity contribution in [2.45, 2.75) is 6.54 Å². The van der Waals surface area contributed by atoms with Crippen LogP contribution < -0.4 is 5.73 Å². The number of hydrogen-bond acceptors (Lipinski definition) is 5. The fraction of sp³-hybridized carbons (Fsp3) is 0.500. The van der Waals surface area contributed by atoms with Crippen molar-refractivity contribution < 1.29 is 14.7 Å². The number of ether oxygens (including phenoxy) is 2. The van der Waals surface area contributed by atoms with E-state index in [1.54, 1.807) is 14.2 Å². The Morgan fingerprint density at radius 2 is 1.90 bits per heavy atom. The van der Waals surface area contributed by atoms with Crippen molar-refractivity contribution in [1.29, 1.82) is 0 Å². The van der Waals surface area contributed by atoms with E-state index < -0.39 is 0 Å². The largest absolute Gasteiger partial charge is 0.409 e. The van der Waals surface area contributed by atoms with E-state index in [0.29, 0.717) is 18.8 Å². The highest BCUT2D eigenvalue weighted by Crippen LogP contribution is 2.08. The van der Waals surface area contributed by atoms with Crippen LogP contribution in [-0.2, 0) is 16.0 Å². The standard InChI is InChI=1S/C14H23N3O3/c1-19-8-6-17(7-9-20-2)11-12-4-3-5-13(10-12)14(15)16-18/h3-5,10,18H,6-9,11H2,1-2H3,(H2,15,16). The van der Waals surface area contributed by atoms with Gasteiger partial charge < -0.3 is 20.4 Å². The van der Waals surface area contributed by atoms with Gasteiger partial charge in [-0.3, -0.25) is 4.90 Å². The van der Waals surface area contributed by atoms with Crippen LogP contribution in [0.1, 0.15) is 11.1 Å². The summed E-state index contributed by atoms with van der Waals surface area (Å²) in [5.74, 6) is 0.118. The van der Waals surface area contributed by atoms with Gasteiger partial charge in [0.1, 0.15) is 0 Å². The smallest absolute Gasteiger partial charge is 0.170 e. The number of methoxy groups -OCH3 is 2. The first-order valence-corrected chi connectivity index (χ1v) is 6.48. The molecule has 0 amide bonds. The Morgan fingerprint density at radius 1 is 1.25 bits per heavy atom. The summed E-state index contributed by atoms with van der Waals surface area (Å²) in [5, 5.41) is 11.7. The third kappa shape index (κ3) is 5.56. The second-order valence-corrected chi connectivity index (χ2v) is 4.45. The van der Waals surface area contributed by atoms with Crippen molar-refractivity contribution in [3.8, 4) is 0 Å². The third-order valence-corrected chi connectivity index (χ3v) is 2.96. The highest BCUT2D eigenvalue weighted by atomic mass is 16.5. The van der Waals surface area contributed by atoms with Gasteiger partial charge >= 0.3 is 0 Å². The maximum Gasteiger partial charge on any atom is 0.170 e. The first-order chi connectivity index (χ1) is 9.71. The summed E-state index contributed by atoms with van der Waals surface area (Å²) in [6, 6.07) is 7.64. The molecular weight excluding hydrogens is 258 g/mol. The molecule has 0 unspecified atom stereocenters. The van der Waals surface area contributed by atoms with Crippen molar-refractivity contribution in [1.82, 2.24) is 4.90 Å². The number of benzene rings is 1. The van der Waals surface area contributed by atoms with E-state index in [0.717, 1.165) is 25.2 Å². The van der Waals surface area contributed by atoms with Gasteiger partial charge in [-0.2, -0.15) is 0 Å². The Labute approximate surface area is 119 Å². The summed E-state index contributed by atoms with van der Waals surface area (Å²) in [5.41, 5.74) is 7.41. The van der Waals surface area contributed by atoms with Gasteiger partial charge in [-0.05, 0) is 11.6 Å². The Hall–Kier alpha value is -1.63. The zero-order valence-electron chi connectivity index (χ0n) is 12.1. The summed E-state index contributed by atoms with van der Waals surface area (Å²) in [7, 11) is 3.38. The van der Waals surface area contributed by atoms with Crippen molar-refractivity contribution in [3.05, 3.63) is 35.4 Å². The summed E-state index contributed by atoms with van der Waals surface area (Å²) in [6.45, 7) is 3.76. The van der Waals surface area contributed by atoms with Crippen molar-refractivity contribution in [2.24, 2.45) is 10.9 Å². The van der Waals surface area contributed by atoms with Crippen LogP contribution in [0.4, 0.5) is 0 Å². The van der Waals surface area contributed by atoms with Crippen LogP contribution in [0.2, 0.25) is 0 Å². The lowest BCUT2D eigenvalue weighted by molar-refractivity contribution is 0.110. The maximum absolute atomic E-state index is 8.71. The summed E-state index contributed by atoms with van der Waals surface area (Å²) in [6.07, 6.45) is 0. The molecule has 3 N–H and O–H groups in total. The minimum atomic E-state index is 0.118. The van der Waals surface area contributed by atoms with Crippen LogP contribution in [-0.4, -0.2) is 56.5 Å². The monoisotopic (exact) mass is 281 g/mol. The highest BCUT2D eigenvalue weighted by molar-refractivity contribution is 5.97. The highest BCUT2D eigenvalue weighted by Gasteiger charge is 2.07. The number of nitrogens with two attached hydrogens (primary N) is 1. The van der Waals surface area contributed by atoms with E-state index in [4.69, 9.17) is 20.4 Å². The molecule has 0 aromatic heterocycles. The number of rotatable bonds is 9. The van der Waals surface area contributed by atoms with Crippen molar-refractivity contribution >= 4 is 5.84 Å². The molecule has 0 aliphatic rings. The topological polar surface area (TPSA) is 80.3 Å². The van der Waals surface area contributed by atoms with E-state index in [1.807, 2.05) is 24.3 Å². The zero-order valence-corrected chi connectivity index (χ0v) is 12.1. The molecule has 0 bridgehead atoms. The average molecular weight is 281 g/mol. The molecule has 1 aromatic rings. The fourth-order valence-corrected chi connectivity index (χ4v) is 1.86. The van der Waals surface area contributed by atoms with Crippen molar-refractivity contribution in [2.75, 3.05) is 40.5 Å². The van der Waals surface area contributed by atoms with Crippen LogP contribution in [0.5, 0.6) is 0 Å². The SMILES string of the molecule is COCCN(CCOC)Cc1cccc(C(N)=NO)c1. The number of amidine groups is 1. The molecule has 0 aliphatic heterocycles. The van der Waals surface area contributed by atoms with Crippen LogP contribution in [0, 0.1) is 0 Å². The average Bonchev–Trinajstić information content (AvgIpc) is 2.49. The first kappa shape index (κ1) is 16.4. The molecule has 0 saturated heterocycles. The molecule has 20 heavy (non-hydrogen) atoms. The van der Waals surface area contributed by atoms with Gasteiger partial charge in [0, 0.05) is 39.4 Å². The van der Waals surface area contributed by atoms with Gasteiger partial charge in [-0.1, -0.05) is 23.4 Å². The Kier molecular flexibility index (Phi) is 7.64. The molecular formula is C14H23N3O3. The van der Waals surface area contributed by atoms with Gasteiger partial charge in [-0.15, -0.1) is 0 Å². The first-order valence-electron chi connectivity index (χ1n) is 6.48. The molecule has 6 heteroatoms. The minimum absolute atomic E-state index is 0.118. The van der Waals surface area contributed by atoms with Gasteiger partial charge in [0.05, 0.1) is 13.2 Å². The Balaban J connectivity index is 2.71. The summed E-state index contributed by atoms with van der Waals surface area (Å²) >= 11 is 0. The van der Waals surface area contributed by atoms with Crippen LogP contribution in [0.25, 0.3) is 0 Å². The Bertz CT molecular complexity index is 416. The molecule has 1 aromatic carbocycles. The predicted molar refractivity (Wildman–Crippen MR) is 78.0 cm³/mol. The quantitative estimate of drug-likeness (QED) is 0.304. The molecule has 0 saturated carbocycles. The van der Waals surface area contributed by atoms with Crippen LogP contribution in [0.3, 0.4) is 0 Å². The van der Waals surface area contributed by atoms with Crippen molar-refractivity contribution in [3.63, 3.8) is 0 Å². The van der Waals surface area contributed by atoms with E-state index in [2.05, 4.69) is 10.1 Å². The lowest BCUT2D eigenvalue weighted by atomic mass is 10.1. The normalized spacial score (nSPS) is 12.1. The van der Waals surface area contributed by atoms with E-state index in [1.165, 1.54) is 0 Å². The molecule has 0 aliphatic carbocycles. The summed E-state index contributed by atoms with van der Waals surface area (Å²) < 4.78 is 10.2. The lowest BCUT2D eigenvalue weighted by Gasteiger charge is -2.21. The van der Waals surface area contributed by atoms with Gasteiger partial charge in [0.25, 0.3) is 0 Å². The van der Waals surface area contributed by atoms with E-state index in [-0.39, 0.29) is 5.84 Å². The molecule has 1 rings (SSSR count). The van der Waals surface area contributed by atoms with Gasteiger partial charge in [0.15, 0.2) is 5.84 Å². The predicted octanol–water partition coefficient (Wildman–Crippen LogP) is 0.876. The minimum Gasteiger partial charge on any atom is -0.409 e. The zero-order chi connectivity index (χ0) is 14.8. The van der Waals surface area contributed by atoms with Gasteiger partial charge in [0.2, 0.25) is 0 Å². The lowest BCUT2D eigenvalue weighted by Crippen LogP contribution is -2.30.